The standard InChI is InChI=1S/C21H24F2N6O2/c1-28-16-11-25-20(26-14-9-7-13(8-10-14)17(24)30)27-18(16)29(12-21(22,23)19(28)31)15-5-3-2-4-6-15/h7-11,15H,2-6,12H2,1H3,(H2,24,30)(H,25,26,27). The van der Waals surface area contributed by atoms with Crippen molar-refractivity contribution in [1.29, 1.82) is 0 Å². The molecule has 2 amide bonds. The first kappa shape index (κ1) is 21.0. The van der Waals surface area contributed by atoms with Gasteiger partial charge in [-0.15, -0.1) is 0 Å². The van der Waals surface area contributed by atoms with Crippen LogP contribution in [0.3, 0.4) is 0 Å². The average molecular weight is 430 g/mol. The average Bonchev–Trinajstić information content (AvgIpc) is 2.84. The number of rotatable bonds is 4. The largest absolute Gasteiger partial charge is 0.366 e. The molecule has 31 heavy (non-hydrogen) atoms. The molecule has 2 heterocycles. The van der Waals surface area contributed by atoms with E-state index in [0.717, 1.165) is 37.0 Å². The number of halogens is 2. The Hall–Kier alpha value is -3.30. The second kappa shape index (κ2) is 8.09. The van der Waals surface area contributed by atoms with E-state index in [2.05, 4.69) is 15.3 Å². The fourth-order valence-corrected chi connectivity index (χ4v) is 4.13. The van der Waals surface area contributed by atoms with E-state index in [4.69, 9.17) is 5.73 Å². The van der Waals surface area contributed by atoms with Gasteiger partial charge in [0, 0.05) is 24.3 Å². The summed E-state index contributed by atoms with van der Waals surface area (Å²) in [7, 11) is 1.32. The number of anilines is 4. The van der Waals surface area contributed by atoms with Crippen LogP contribution in [0.2, 0.25) is 0 Å². The van der Waals surface area contributed by atoms with Gasteiger partial charge in [0.25, 0.3) is 5.91 Å². The summed E-state index contributed by atoms with van der Waals surface area (Å²) in [5, 5.41) is 3.02. The third-order valence-corrected chi connectivity index (χ3v) is 5.81. The highest BCUT2D eigenvalue weighted by Gasteiger charge is 2.48. The number of nitrogens with one attached hydrogen (secondary N) is 1. The minimum Gasteiger partial charge on any atom is -0.366 e. The fraction of sp³-hybridized carbons (Fsp3) is 0.429. The number of fused-ring (bicyclic) bond motifs is 1. The number of nitrogens with zero attached hydrogens (tertiary/aromatic N) is 4. The highest BCUT2D eigenvalue weighted by molar-refractivity contribution is 6.02. The Labute approximate surface area is 178 Å². The monoisotopic (exact) mass is 430 g/mol. The van der Waals surface area contributed by atoms with Crippen molar-refractivity contribution in [3.63, 3.8) is 0 Å². The molecular weight excluding hydrogens is 406 g/mol. The van der Waals surface area contributed by atoms with Crippen LogP contribution in [0.4, 0.5) is 31.9 Å². The second-order valence-corrected chi connectivity index (χ2v) is 7.96. The molecule has 1 saturated carbocycles. The third kappa shape index (κ3) is 4.14. The fourth-order valence-electron chi connectivity index (χ4n) is 4.13. The van der Waals surface area contributed by atoms with Crippen LogP contribution in [0.15, 0.2) is 30.5 Å². The summed E-state index contributed by atoms with van der Waals surface area (Å²) < 4.78 is 29.4. The maximum atomic E-state index is 14.7. The number of primary amides is 1. The minimum atomic E-state index is -3.52. The summed E-state index contributed by atoms with van der Waals surface area (Å²) in [6.45, 7) is -0.711. The van der Waals surface area contributed by atoms with Gasteiger partial charge >= 0.3 is 5.92 Å². The second-order valence-electron chi connectivity index (χ2n) is 7.96. The van der Waals surface area contributed by atoms with Gasteiger partial charge in [0.1, 0.15) is 5.69 Å². The van der Waals surface area contributed by atoms with Gasteiger partial charge in [0.2, 0.25) is 11.9 Å². The maximum Gasteiger partial charge on any atom is 0.342 e. The Morgan fingerprint density at radius 2 is 1.87 bits per heavy atom. The quantitative estimate of drug-likeness (QED) is 0.773. The van der Waals surface area contributed by atoms with Crippen molar-refractivity contribution in [2.75, 3.05) is 28.7 Å². The maximum absolute atomic E-state index is 14.7. The van der Waals surface area contributed by atoms with Gasteiger partial charge in [-0.3, -0.25) is 9.59 Å². The Bertz CT molecular complexity index is 992. The molecule has 1 aromatic heterocycles. The van der Waals surface area contributed by atoms with Crippen LogP contribution in [0.1, 0.15) is 42.5 Å². The molecular formula is C21H24F2N6O2. The number of aromatic nitrogens is 2. The summed E-state index contributed by atoms with van der Waals surface area (Å²) in [4.78, 5) is 34.8. The van der Waals surface area contributed by atoms with Gasteiger partial charge in [-0.25, -0.2) is 4.98 Å². The highest BCUT2D eigenvalue weighted by Crippen LogP contribution is 2.39. The predicted octanol–water partition coefficient (Wildman–Crippen LogP) is 3.07. The Morgan fingerprint density at radius 1 is 1.19 bits per heavy atom. The first-order valence-corrected chi connectivity index (χ1v) is 10.2. The molecule has 3 N–H and O–H groups in total. The van der Waals surface area contributed by atoms with Crippen molar-refractivity contribution >= 4 is 35.0 Å². The van der Waals surface area contributed by atoms with E-state index in [1.54, 1.807) is 29.2 Å². The van der Waals surface area contributed by atoms with Gasteiger partial charge in [-0.05, 0) is 37.1 Å². The number of amides is 2. The van der Waals surface area contributed by atoms with Crippen molar-refractivity contribution in [3.05, 3.63) is 36.0 Å². The number of hydrogen-bond acceptors (Lipinski definition) is 6. The molecule has 0 bridgehead atoms. The molecule has 1 fully saturated rings. The van der Waals surface area contributed by atoms with Crippen LogP contribution in [0.25, 0.3) is 0 Å². The first-order valence-electron chi connectivity index (χ1n) is 10.2. The normalized spacial score (nSPS) is 19.0. The van der Waals surface area contributed by atoms with Gasteiger partial charge in [-0.1, -0.05) is 19.3 Å². The number of alkyl halides is 2. The predicted molar refractivity (Wildman–Crippen MR) is 113 cm³/mol. The van der Waals surface area contributed by atoms with E-state index in [1.165, 1.54) is 13.2 Å². The van der Waals surface area contributed by atoms with Crippen LogP contribution in [0.5, 0.6) is 0 Å². The van der Waals surface area contributed by atoms with Crippen LogP contribution in [-0.2, 0) is 4.79 Å². The molecule has 0 saturated heterocycles. The highest BCUT2D eigenvalue weighted by atomic mass is 19.3. The van der Waals surface area contributed by atoms with Crippen LogP contribution >= 0.6 is 0 Å². The van der Waals surface area contributed by atoms with E-state index in [-0.39, 0.29) is 17.7 Å². The first-order chi connectivity index (χ1) is 14.8. The lowest BCUT2D eigenvalue weighted by Crippen LogP contribution is -2.49. The van der Waals surface area contributed by atoms with Crippen molar-refractivity contribution in [3.8, 4) is 0 Å². The molecule has 0 spiro atoms. The van der Waals surface area contributed by atoms with Crippen LogP contribution in [0, 0.1) is 0 Å². The lowest BCUT2D eigenvalue weighted by molar-refractivity contribution is -0.140. The zero-order valence-corrected chi connectivity index (χ0v) is 17.1. The molecule has 4 rings (SSSR count). The van der Waals surface area contributed by atoms with Crippen molar-refractivity contribution < 1.29 is 18.4 Å². The van der Waals surface area contributed by atoms with Crippen LogP contribution < -0.4 is 20.9 Å². The lowest BCUT2D eigenvalue weighted by atomic mass is 9.94. The smallest absolute Gasteiger partial charge is 0.342 e. The van der Waals surface area contributed by atoms with Crippen molar-refractivity contribution in [2.24, 2.45) is 5.73 Å². The molecule has 1 aliphatic carbocycles. The van der Waals surface area contributed by atoms with Gasteiger partial charge in [0.05, 0.1) is 12.7 Å². The van der Waals surface area contributed by atoms with Crippen LogP contribution in [-0.4, -0.2) is 47.3 Å². The van der Waals surface area contributed by atoms with E-state index in [1.807, 2.05) is 0 Å². The number of carbonyl (C=O) groups is 2. The zero-order valence-electron chi connectivity index (χ0n) is 17.1. The Balaban J connectivity index is 1.70. The number of nitrogens with two attached hydrogens (primary N) is 1. The van der Waals surface area contributed by atoms with E-state index in [9.17, 15) is 18.4 Å². The number of hydrogen-bond donors (Lipinski definition) is 2. The van der Waals surface area contributed by atoms with Crippen molar-refractivity contribution in [2.45, 2.75) is 44.1 Å². The molecule has 2 aromatic rings. The minimum absolute atomic E-state index is 0.115. The molecule has 0 radical (unpaired) electrons. The topological polar surface area (TPSA) is 104 Å². The third-order valence-electron chi connectivity index (χ3n) is 5.81. The molecule has 8 nitrogen and oxygen atoms in total. The summed E-state index contributed by atoms with van der Waals surface area (Å²) in [5.41, 5.74) is 6.48. The summed E-state index contributed by atoms with van der Waals surface area (Å²) in [6.07, 6.45) is 5.91. The van der Waals surface area contributed by atoms with E-state index in [0.29, 0.717) is 17.1 Å². The van der Waals surface area contributed by atoms with Crippen molar-refractivity contribution in [1.82, 2.24) is 9.97 Å². The van der Waals surface area contributed by atoms with Gasteiger partial charge in [0.15, 0.2) is 5.82 Å². The molecule has 0 unspecified atom stereocenters. The molecule has 2 aliphatic rings. The van der Waals surface area contributed by atoms with E-state index >= 15 is 0 Å². The molecule has 0 atom stereocenters. The summed E-state index contributed by atoms with van der Waals surface area (Å²) >= 11 is 0. The SMILES string of the molecule is CN1C(=O)C(F)(F)CN(C2CCCCC2)c2nc(Nc3ccc(C(N)=O)cc3)ncc21. The molecule has 1 aliphatic heterocycles. The molecule has 10 heteroatoms. The lowest BCUT2D eigenvalue weighted by Gasteiger charge is -2.35. The van der Waals surface area contributed by atoms with E-state index < -0.39 is 24.3 Å². The summed E-state index contributed by atoms with van der Waals surface area (Å²) in [5.74, 6) is -4.81. The molecule has 1 aromatic carbocycles. The summed E-state index contributed by atoms with van der Waals surface area (Å²) in [6, 6.07) is 6.32. The van der Waals surface area contributed by atoms with Gasteiger partial charge < -0.3 is 20.9 Å². The molecule has 164 valence electrons. The Kier molecular flexibility index (Phi) is 5.47. The zero-order chi connectivity index (χ0) is 22.2. The number of benzene rings is 1. The number of carbonyl (C=O) groups excluding carboxylic acids is 2. The Morgan fingerprint density at radius 3 is 2.52 bits per heavy atom. The van der Waals surface area contributed by atoms with Gasteiger partial charge in [-0.2, -0.15) is 13.8 Å².